The molecule has 28 heavy (non-hydrogen) atoms. The monoisotopic (exact) mass is 379 g/mol. The molecule has 7 heteroatoms. The molecule has 0 aliphatic carbocycles. The molecule has 0 spiro atoms. The molecule has 2 aliphatic rings. The Bertz CT molecular complexity index is 968. The highest BCUT2D eigenvalue weighted by Crippen LogP contribution is 2.35. The number of nitrogens with zero attached hydrogens (tertiary/aromatic N) is 5. The molecular formula is C21H27N6O+. The van der Waals surface area contributed by atoms with Crippen LogP contribution in [0.2, 0.25) is 0 Å². The predicted octanol–water partition coefficient (Wildman–Crippen LogP) is 1.80. The fourth-order valence-corrected chi connectivity index (χ4v) is 3.77. The van der Waals surface area contributed by atoms with Crippen molar-refractivity contribution >= 4 is 6.21 Å². The van der Waals surface area contributed by atoms with E-state index in [0.717, 1.165) is 37.1 Å². The molecule has 146 valence electrons. The van der Waals surface area contributed by atoms with Crippen LogP contribution in [0.3, 0.4) is 0 Å². The summed E-state index contributed by atoms with van der Waals surface area (Å²) in [5.41, 5.74) is 1.83. The van der Waals surface area contributed by atoms with Gasteiger partial charge in [-0.05, 0) is 25.1 Å². The maximum absolute atomic E-state index is 12.3. The number of aromatic nitrogens is 3. The van der Waals surface area contributed by atoms with E-state index in [2.05, 4.69) is 35.0 Å². The molecule has 4 rings (SSSR count). The van der Waals surface area contributed by atoms with Crippen molar-refractivity contribution in [1.82, 2.24) is 19.9 Å². The molecule has 0 amide bonds. The summed E-state index contributed by atoms with van der Waals surface area (Å²) in [5.74, 6) is 0.479. The van der Waals surface area contributed by atoms with E-state index in [4.69, 9.17) is 9.98 Å². The minimum atomic E-state index is -0.566. The van der Waals surface area contributed by atoms with E-state index in [-0.39, 0.29) is 5.56 Å². The smallest absolute Gasteiger partial charge is 0.251 e. The SMILES string of the molecule is CC1(c2cc(=O)[nH]c(-c3ccccn3)n2)CC(N2CC[N+](C)(C)CC2)=CC=N1. The minimum Gasteiger partial charge on any atom is -0.363 e. The van der Waals surface area contributed by atoms with Crippen molar-refractivity contribution in [3.63, 3.8) is 0 Å². The first kappa shape index (κ1) is 18.6. The summed E-state index contributed by atoms with van der Waals surface area (Å²) < 4.78 is 1.05. The number of piperazine rings is 1. The zero-order valence-electron chi connectivity index (χ0n) is 16.7. The highest BCUT2D eigenvalue weighted by Gasteiger charge is 2.34. The van der Waals surface area contributed by atoms with Crippen molar-refractivity contribution in [3.8, 4) is 11.5 Å². The third kappa shape index (κ3) is 3.75. The zero-order valence-corrected chi connectivity index (χ0v) is 16.7. The van der Waals surface area contributed by atoms with Crippen LogP contribution in [0.15, 0.2) is 52.0 Å². The maximum atomic E-state index is 12.3. The van der Waals surface area contributed by atoms with Crippen molar-refractivity contribution in [2.75, 3.05) is 40.3 Å². The maximum Gasteiger partial charge on any atom is 0.251 e. The quantitative estimate of drug-likeness (QED) is 0.826. The molecule has 1 fully saturated rings. The number of rotatable bonds is 3. The van der Waals surface area contributed by atoms with Gasteiger partial charge in [-0.15, -0.1) is 0 Å². The number of nitrogens with one attached hydrogen (secondary N) is 1. The van der Waals surface area contributed by atoms with Gasteiger partial charge in [0.1, 0.15) is 11.2 Å². The van der Waals surface area contributed by atoms with E-state index in [1.807, 2.05) is 31.3 Å². The largest absolute Gasteiger partial charge is 0.363 e. The van der Waals surface area contributed by atoms with Gasteiger partial charge in [0.25, 0.3) is 5.56 Å². The van der Waals surface area contributed by atoms with Crippen LogP contribution in [0.5, 0.6) is 0 Å². The number of pyridine rings is 1. The van der Waals surface area contributed by atoms with E-state index < -0.39 is 5.54 Å². The van der Waals surface area contributed by atoms with Crippen LogP contribution in [0.1, 0.15) is 19.0 Å². The standard InChI is InChI=1S/C21H26N6O/c1-21(15-16(7-9-23-21)26-10-12-27(2,3)13-11-26)18-14-19(28)25-20(24-18)17-6-4-5-8-22-17/h4-9,14H,10-13,15H2,1-3H3/p+1. The van der Waals surface area contributed by atoms with Crippen LogP contribution in [-0.2, 0) is 5.54 Å². The van der Waals surface area contributed by atoms with Crippen molar-refractivity contribution in [2.45, 2.75) is 18.9 Å². The highest BCUT2D eigenvalue weighted by molar-refractivity contribution is 5.74. The Hall–Kier alpha value is -2.80. The van der Waals surface area contributed by atoms with Crippen LogP contribution in [0, 0.1) is 0 Å². The molecule has 2 aromatic heterocycles. The van der Waals surface area contributed by atoms with E-state index in [1.54, 1.807) is 12.3 Å². The van der Waals surface area contributed by atoms with Crippen molar-refractivity contribution in [2.24, 2.45) is 4.99 Å². The molecule has 7 nitrogen and oxygen atoms in total. The Morgan fingerprint density at radius 1 is 1.21 bits per heavy atom. The van der Waals surface area contributed by atoms with Gasteiger partial charge in [0.2, 0.25) is 0 Å². The van der Waals surface area contributed by atoms with Gasteiger partial charge in [-0.25, -0.2) is 4.98 Å². The Kier molecular flexibility index (Phi) is 4.63. The van der Waals surface area contributed by atoms with E-state index >= 15 is 0 Å². The van der Waals surface area contributed by atoms with Gasteiger partial charge in [-0.1, -0.05) is 6.07 Å². The van der Waals surface area contributed by atoms with E-state index in [9.17, 15) is 4.79 Å². The van der Waals surface area contributed by atoms with E-state index in [0.29, 0.717) is 17.2 Å². The topological polar surface area (TPSA) is 74.2 Å². The molecule has 2 aromatic rings. The first-order chi connectivity index (χ1) is 13.3. The summed E-state index contributed by atoms with van der Waals surface area (Å²) in [6, 6.07) is 7.12. The molecule has 1 atom stereocenters. The van der Waals surface area contributed by atoms with Crippen LogP contribution in [-0.4, -0.2) is 70.8 Å². The summed E-state index contributed by atoms with van der Waals surface area (Å²) in [5, 5.41) is 0. The average molecular weight is 379 g/mol. The summed E-state index contributed by atoms with van der Waals surface area (Å²) in [6.07, 6.45) is 6.38. The average Bonchev–Trinajstić information content (AvgIpc) is 2.68. The zero-order chi connectivity index (χ0) is 19.8. The lowest BCUT2D eigenvalue weighted by molar-refractivity contribution is -0.894. The van der Waals surface area contributed by atoms with Crippen molar-refractivity contribution < 1.29 is 4.48 Å². The fourth-order valence-electron chi connectivity index (χ4n) is 3.77. The molecule has 0 aromatic carbocycles. The number of H-pyrrole nitrogens is 1. The number of hydrogen-bond acceptors (Lipinski definition) is 5. The second kappa shape index (κ2) is 6.98. The summed E-state index contributed by atoms with van der Waals surface area (Å²) in [7, 11) is 4.55. The molecule has 2 aliphatic heterocycles. The molecule has 0 saturated carbocycles. The highest BCUT2D eigenvalue weighted by atomic mass is 16.1. The minimum absolute atomic E-state index is 0.185. The normalized spacial score (nSPS) is 24.1. The molecule has 1 N–H and O–H groups in total. The predicted molar refractivity (Wildman–Crippen MR) is 110 cm³/mol. The molecule has 1 saturated heterocycles. The number of likely N-dealkylation sites (N-methyl/N-ethyl adjacent to an activating group) is 1. The second-order valence-corrected chi connectivity index (χ2v) is 8.45. The number of aliphatic imine (C=N–C) groups is 1. The van der Waals surface area contributed by atoms with Crippen molar-refractivity contribution in [1.29, 1.82) is 0 Å². The lowest BCUT2D eigenvalue weighted by Crippen LogP contribution is -2.54. The Morgan fingerprint density at radius 3 is 2.71 bits per heavy atom. The lowest BCUT2D eigenvalue weighted by Gasteiger charge is -2.42. The van der Waals surface area contributed by atoms with Gasteiger partial charge in [0, 0.05) is 30.6 Å². The Balaban J connectivity index is 1.61. The first-order valence-electron chi connectivity index (χ1n) is 9.69. The lowest BCUT2D eigenvalue weighted by atomic mass is 9.89. The number of dihydropyridines is 1. The van der Waals surface area contributed by atoms with Gasteiger partial charge in [0.15, 0.2) is 5.82 Å². The molecule has 0 bridgehead atoms. The molecule has 4 heterocycles. The molecular weight excluding hydrogens is 352 g/mol. The Morgan fingerprint density at radius 2 is 2.00 bits per heavy atom. The third-order valence-corrected chi connectivity index (χ3v) is 5.71. The third-order valence-electron chi connectivity index (χ3n) is 5.71. The Labute approximate surface area is 165 Å². The number of quaternary nitrogens is 1. The van der Waals surface area contributed by atoms with Crippen LogP contribution in [0.25, 0.3) is 11.5 Å². The number of hydrogen-bond donors (Lipinski definition) is 1. The van der Waals surface area contributed by atoms with Gasteiger partial charge in [-0.2, -0.15) is 0 Å². The molecule has 0 radical (unpaired) electrons. The summed E-state index contributed by atoms with van der Waals surface area (Å²) in [6.45, 7) is 6.36. The van der Waals surface area contributed by atoms with Gasteiger partial charge in [0.05, 0.1) is 46.0 Å². The van der Waals surface area contributed by atoms with Crippen molar-refractivity contribution in [3.05, 3.63) is 58.3 Å². The van der Waals surface area contributed by atoms with E-state index in [1.165, 1.54) is 5.70 Å². The summed E-state index contributed by atoms with van der Waals surface area (Å²) >= 11 is 0. The second-order valence-electron chi connectivity index (χ2n) is 8.45. The molecule has 1 unspecified atom stereocenters. The van der Waals surface area contributed by atoms with Gasteiger partial charge in [-0.3, -0.25) is 14.8 Å². The van der Waals surface area contributed by atoms with Gasteiger partial charge >= 0.3 is 0 Å². The fraction of sp³-hybridized carbons (Fsp3) is 0.429. The summed E-state index contributed by atoms with van der Waals surface area (Å²) in [4.78, 5) is 31.3. The van der Waals surface area contributed by atoms with Crippen LogP contribution in [0.4, 0.5) is 0 Å². The van der Waals surface area contributed by atoms with Crippen LogP contribution < -0.4 is 5.56 Å². The van der Waals surface area contributed by atoms with Gasteiger partial charge < -0.3 is 14.4 Å². The first-order valence-corrected chi connectivity index (χ1v) is 9.69. The number of allylic oxidation sites excluding steroid dienone is 1. The van der Waals surface area contributed by atoms with Crippen LogP contribution >= 0.6 is 0 Å². The number of aromatic amines is 1.